The third-order valence-electron chi connectivity index (χ3n) is 6.62. The summed E-state index contributed by atoms with van der Waals surface area (Å²) in [6.07, 6.45) is 2.23. The van der Waals surface area contributed by atoms with Crippen LogP contribution in [-0.4, -0.2) is 0 Å². The molecule has 0 spiro atoms. The summed E-state index contributed by atoms with van der Waals surface area (Å²) in [7, 11) is 2.18. The molecule has 0 fully saturated rings. The number of benzene rings is 4. The second-order valence-electron chi connectivity index (χ2n) is 8.77. The number of aromatic nitrogens is 1. The number of rotatable bonds is 1. The standard InChI is InChI=1S/C28H24NS/c1-16(2)18-9-10-22-20(13-18)15-25-27-23(22)11-12-29(4)28(27)26-17(3)21-8-6-5-7-19(21)14-24(26)30-25/h5-16H,1-4H3/q+1. The monoisotopic (exact) mass is 406 g/mol. The van der Waals surface area contributed by atoms with Gasteiger partial charge in [-0.05, 0) is 57.6 Å². The molecule has 0 N–H and O–H groups in total. The van der Waals surface area contributed by atoms with Crippen molar-refractivity contribution >= 4 is 44.1 Å². The average molecular weight is 407 g/mol. The highest BCUT2D eigenvalue weighted by Crippen LogP contribution is 2.50. The third-order valence-corrected chi connectivity index (χ3v) is 7.70. The number of hydrogen-bond acceptors (Lipinski definition) is 1. The van der Waals surface area contributed by atoms with Crippen molar-refractivity contribution in [2.24, 2.45) is 7.05 Å². The van der Waals surface area contributed by atoms with Crippen LogP contribution in [0.5, 0.6) is 0 Å². The molecule has 6 rings (SSSR count). The normalized spacial score (nSPS) is 12.8. The molecule has 0 radical (unpaired) electrons. The lowest BCUT2D eigenvalue weighted by molar-refractivity contribution is -0.659. The molecule has 1 aliphatic rings. The van der Waals surface area contributed by atoms with Gasteiger partial charge in [0.1, 0.15) is 7.05 Å². The minimum atomic E-state index is 0.535. The van der Waals surface area contributed by atoms with Gasteiger partial charge in [0.25, 0.3) is 0 Å². The van der Waals surface area contributed by atoms with E-state index in [-0.39, 0.29) is 0 Å². The van der Waals surface area contributed by atoms with E-state index in [1.165, 1.54) is 64.5 Å². The molecule has 0 bridgehead atoms. The quantitative estimate of drug-likeness (QED) is 0.201. The summed E-state index contributed by atoms with van der Waals surface area (Å²) < 4.78 is 2.31. The van der Waals surface area contributed by atoms with Gasteiger partial charge in [-0.25, -0.2) is 4.57 Å². The van der Waals surface area contributed by atoms with E-state index in [2.05, 4.69) is 99.2 Å². The molecule has 1 aliphatic heterocycles. The van der Waals surface area contributed by atoms with Crippen LogP contribution < -0.4 is 4.57 Å². The molecular weight excluding hydrogens is 382 g/mol. The Balaban J connectivity index is 1.78. The maximum atomic E-state index is 2.41. The van der Waals surface area contributed by atoms with Crippen molar-refractivity contribution in [1.29, 1.82) is 0 Å². The topological polar surface area (TPSA) is 3.88 Å². The van der Waals surface area contributed by atoms with Crippen LogP contribution >= 0.6 is 11.8 Å². The maximum absolute atomic E-state index is 2.41. The minimum Gasteiger partial charge on any atom is -0.200 e. The summed E-state index contributed by atoms with van der Waals surface area (Å²) in [5, 5.41) is 8.11. The van der Waals surface area contributed by atoms with Crippen LogP contribution in [0.15, 0.2) is 76.7 Å². The molecular formula is C28H24NS+. The Morgan fingerprint density at radius 1 is 0.800 bits per heavy atom. The molecule has 1 nitrogen and oxygen atoms in total. The van der Waals surface area contributed by atoms with Crippen LogP contribution in [0.3, 0.4) is 0 Å². The zero-order valence-electron chi connectivity index (χ0n) is 17.8. The van der Waals surface area contributed by atoms with Gasteiger partial charge < -0.3 is 0 Å². The number of hydrogen-bond donors (Lipinski definition) is 0. The van der Waals surface area contributed by atoms with Crippen LogP contribution in [0.4, 0.5) is 0 Å². The van der Waals surface area contributed by atoms with Crippen molar-refractivity contribution in [1.82, 2.24) is 0 Å². The number of fused-ring (bicyclic) bond motifs is 5. The first-order valence-electron chi connectivity index (χ1n) is 10.6. The first kappa shape index (κ1) is 18.0. The largest absolute Gasteiger partial charge is 0.222 e. The molecule has 0 atom stereocenters. The van der Waals surface area contributed by atoms with Crippen LogP contribution in [0.25, 0.3) is 43.6 Å². The van der Waals surface area contributed by atoms with E-state index >= 15 is 0 Å². The second-order valence-corrected chi connectivity index (χ2v) is 9.86. The summed E-state index contributed by atoms with van der Waals surface area (Å²) in [5.41, 5.74) is 5.50. The third kappa shape index (κ3) is 2.40. The molecule has 5 aromatic rings. The van der Waals surface area contributed by atoms with Crippen LogP contribution in [-0.2, 0) is 7.05 Å². The van der Waals surface area contributed by atoms with Gasteiger partial charge in [0, 0.05) is 21.2 Å². The van der Waals surface area contributed by atoms with Crippen LogP contribution in [0.2, 0.25) is 0 Å². The SMILES string of the molecule is Cc1c2c(cc3ccccc13)Sc1cc3cc(C(C)C)ccc3c3cc[n+](C)c-2c13. The molecule has 1 aromatic heterocycles. The molecule has 0 amide bonds. The van der Waals surface area contributed by atoms with Crippen molar-refractivity contribution in [2.45, 2.75) is 36.5 Å². The summed E-state index contributed by atoms with van der Waals surface area (Å²) in [4.78, 5) is 2.73. The summed E-state index contributed by atoms with van der Waals surface area (Å²) in [5.74, 6) is 0.535. The van der Waals surface area contributed by atoms with Crippen molar-refractivity contribution < 1.29 is 4.57 Å². The molecule has 30 heavy (non-hydrogen) atoms. The van der Waals surface area contributed by atoms with Gasteiger partial charge in [-0.1, -0.05) is 68.1 Å². The van der Waals surface area contributed by atoms with Gasteiger partial charge in [-0.15, -0.1) is 0 Å². The highest BCUT2D eigenvalue weighted by Gasteiger charge is 2.29. The molecule has 0 unspecified atom stereocenters. The fourth-order valence-electron chi connectivity index (χ4n) is 5.01. The predicted octanol–water partition coefficient (Wildman–Crippen LogP) is 7.53. The highest BCUT2D eigenvalue weighted by molar-refractivity contribution is 7.99. The van der Waals surface area contributed by atoms with Crippen LogP contribution in [0, 0.1) is 6.92 Å². The lowest BCUT2D eigenvalue weighted by Crippen LogP contribution is -2.31. The van der Waals surface area contributed by atoms with Crippen LogP contribution in [0.1, 0.15) is 30.9 Å². The molecule has 0 aliphatic carbocycles. The van der Waals surface area contributed by atoms with E-state index in [0.717, 1.165) is 0 Å². The first-order valence-corrected chi connectivity index (χ1v) is 11.4. The fraction of sp³-hybridized carbons (Fsp3) is 0.179. The summed E-state index contributed by atoms with van der Waals surface area (Å²) in [6.45, 7) is 6.81. The summed E-state index contributed by atoms with van der Waals surface area (Å²) >= 11 is 1.93. The Morgan fingerprint density at radius 3 is 2.43 bits per heavy atom. The maximum Gasteiger partial charge on any atom is 0.222 e. The Labute approximate surface area is 181 Å². The second kappa shape index (κ2) is 6.33. The molecule has 4 aromatic carbocycles. The molecule has 2 heterocycles. The Kier molecular flexibility index (Phi) is 3.79. The molecule has 2 heteroatoms. The average Bonchev–Trinajstić information content (AvgIpc) is 2.74. The molecule has 0 saturated carbocycles. The van der Waals surface area contributed by atoms with E-state index in [4.69, 9.17) is 0 Å². The lowest BCUT2D eigenvalue weighted by atomic mass is 9.92. The van der Waals surface area contributed by atoms with E-state index < -0.39 is 0 Å². The smallest absolute Gasteiger partial charge is 0.200 e. The molecule has 0 saturated heterocycles. The lowest BCUT2D eigenvalue weighted by Gasteiger charge is -2.22. The van der Waals surface area contributed by atoms with E-state index in [9.17, 15) is 0 Å². The Morgan fingerprint density at radius 2 is 1.60 bits per heavy atom. The van der Waals surface area contributed by atoms with Gasteiger partial charge in [0.05, 0.1) is 10.9 Å². The Hall–Kier alpha value is -2.84. The van der Waals surface area contributed by atoms with E-state index in [1.54, 1.807) is 0 Å². The van der Waals surface area contributed by atoms with Crippen molar-refractivity contribution in [3.8, 4) is 11.3 Å². The van der Waals surface area contributed by atoms with Gasteiger partial charge in [0.15, 0.2) is 6.20 Å². The van der Waals surface area contributed by atoms with Gasteiger partial charge in [-0.3, -0.25) is 0 Å². The number of aryl methyl sites for hydroxylation is 2. The minimum absolute atomic E-state index is 0.535. The van der Waals surface area contributed by atoms with Crippen molar-refractivity contribution in [2.75, 3.05) is 0 Å². The molecule has 146 valence electrons. The predicted molar refractivity (Wildman–Crippen MR) is 129 cm³/mol. The zero-order valence-corrected chi connectivity index (χ0v) is 18.6. The van der Waals surface area contributed by atoms with Crippen molar-refractivity contribution in [3.05, 3.63) is 78.0 Å². The van der Waals surface area contributed by atoms with Crippen molar-refractivity contribution in [3.63, 3.8) is 0 Å². The number of pyridine rings is 1. The highest BCUT2D eigenvalue weighted by atomic mass is 32.2. The van der Waals surface area contributed by atoms with Gasteiger partial charge in [0.2, 0.25) is 5.69 Å². The van der Waals surface area contributed by atoms with Gasteiger partial charge >= 0.3 is 0 Å². The fourth-order valence-corrected chi connectivity index (χ4v) is 6.28. The van der Waals surface area contributed by atoms with E-state index in [0.29, 0.717) is 5.92 Å². The van der Waals surface area contributed by atoms with E-state index in [1.807, 2.05) is 11.8 Å². The zero-order chi connectivity index (χ0) is 20.6. The number of nitrogens with zero attached hydrogens (tertiary/aromatic N) is 1. The first-order chi connectivity index (χ1) is 14.5. The Bertz CT molecular complexity index is 1510. The summed E-state index contributed by atoms with van der Waals surface area (Å²) in [6, 6.07) is 22.8. The van der Waals surface area contributed by atoms with Gasteiger partial charge in [-0.2, -0.15) is 0 Å².